The zero-order valence-corrected chi connectivity index (χ0v) is 13.5. The van der Waals surface area contributed by atoms with Crippen LogP contribution in [0.3, 0.4) is 0 Å². The van der Waals surface area contributed by atoms with Crippen LogP contribution in [0, 0.1) is 5.82 Å². The fourth-order valence-corrected chi connectivity index (χ4v) is 2.85. The van der Waals surface area contributed by atoms with Gasteiger partial charge in [0.15, 0.2) is 0 Å². The minimum absolute atomic E-state index is 0.296. The van der Waals surface area contributed by atoms with Gasteiger partial charge in [0.2, 0.25) is 5.16 Å². The van der Waals surface area contributed by atoms with Gasteiger partial charge in [-0.15, -0.1) is 5.10 Å². The molecule has 0 bridgehead atoms. The number of halogens is 2. The van der Waals surface area contributed by atoms with E-state index in [1.807, 2.05) is 0 Å². The SMILES string of the molecule is CC(C)NCCn1nnnc1SCc1cc(F)ccc1Cl. The molecule has 0 amide bonds. The predicted octanol–water partition coefficient (Wildman–Crippen LogP) is 2.76. The highest BCUT2D eigenvalue weighted by atomic mass is 35.5. The Labute approximate surface area is 132 Å². The molecule has 1 N–H and O–H groups in total. The second-order valence-electron chi connectivity index (χ2n) is 4.82. The Bertz CT molecular complexity index is 590. The van der Waals surface area contributed by atoms with Crippen LogP contribution in [0.4, 0.5) is 4.39 Å². The molecule has 0 spiro atoms. The van der Waals surface area contributed by atoms with Crippen molar-refractivity contribution in [2.24, 2.45) is 0 Å². The summed E-state index contributed by atoms with van der Waals surface area (Å²) >= 11 is 7.48. The Morgan fingerprint density at radius 1 is 1.43 bits per heavy atom. The fourth-order valence-electron chi connectivity index (χ4n) is 1.70. The van der Waals surface area contributed by atoms with Gasteiger partial charge in [0.05, 0.1) is 6.54 Å². The molecule has 21 heavy (non-hydrogen) atoms. The van der Waals surface area contributed by atoms with Gasteiger partial charge in [0.25, 0.3) is 0 Å². The third kappa shape index (κ3) is 4.94. The van der Waals surface area contributed by atoms with E-state index in [-0.39, 0.29) is 5.82 Å². The van der Waals surface area contributed by atoms with Gasteiger partial charge in [-0.3, -0.25) is 0 Å². The highest BCUT2D eigenvalue weighted by Crippen LogP contribution is 2.25. The van der Waals surface area contributed by atoms with Crippen LogP contribution in [0.2, 0.25) is 5.02 Å². The van der Waals surface area contributed by atoms with E-state index < -0.39 is 0 Å². The summed E-state index contributed by atoms with van der Waals surface area (Å²) in [4.78, 5) is 0. The fraction of sp³-hybridized carbons (Fsp3) is 0.462. The first-order valence-electron chi connectivity index (χ1n) is 6.62. The van der Waals surface area contributed by atoms with Crippen molar-refractivity contribution in [3.63, 3.8) is 0 Å². The summed E-state index contributed by atoms with van der Waals surface area (Å²) in [5, 5.41) is 16.2. The number of tetrazole rings is 1. The highest BCUT2D eigenvalue weighted by molar-refractivity contribution is 7.98. The molecule has 0 aliphatic heterocycles. The quantitative estimate of drug-likeness (QED) is 0.792. The normalized spacial score (nSPS) is 11.3. The lowest BCUT2D eigenvalue weighted by molar-refractivity contribution is 0.485. The van der Waals surface area contributed by atoms with Gasteiger partial charge >= 0.3 is 0 Å². The minimum Gasteiger partial charge on any atom is -0.313 e. The van der Waals surface area contributed by atoms with Crippen LogP contribution in [-0.2, 0) is 12.3 Å². The second-order valence-corrected chi connectivity index (χ2v) is 6.17. The van der Waals surface area contributed by atoms with E-state index in [0.29, 0.717) is 28.5 Å². The number of aromatic nitrogens is 4. The Kier molecular flexibility index (Phi) is 5.96. The summed E-state index contributed by atoms with van der Waals surface area (Å²) in [5.74, 6) is 0.227. The van der Waals surface area contributed by atoms with Crippen LogP contribution in [0.5, 0.6) is 0 Å². The molecule has 0 fully saturated rings. The molecule has 0 unspecified atom stereocenters. The molecule has 2 aromatic rings. The number of thioether (sulfide) groups is 1. The van der Waals surface area contributed by atoms with Crippen LogP contribution in [0.1, 0.15) is 19.4 Å². The number of nitrogens with one attached hydrogen (secondary N) is 1. The Hall–Kier alpha value is -1.18. The minimum atomic E-state index is -0.296. The smallest absolute Gasteiger partial charge is 0.209 e. The molecule has 114 valence electrons. The van der Waals surface area contributed by atoms with Crippen molar-refractivity contribution in [1.29, 1.82) is 0 Å². The third-order valence-corrected chi connectivity index (χ3v) is 4.11. The molecule has 2 rings (SSSR count). The van der Waals surface area contributed by atoms with E-state index in [9.17, 15) is 4.39 Å². The lowest BCUT2D eigenvalue weighted by atomic mass is 10.2. The van der Waals surface area contributed by atoms with Crippen LogP contribution in [0.15, 0.2) is 23.4 Å². The van der Waals surface area contributed by atoms with Crippen molar-refractivity contribution in [2.45, 2.75) is 37.3 Å². The summed E-state index contributed by atoms with van der Waals surface area (Å²) in [6.45, 7) is 5.64. The van der Waals surface area contributed by atoms with Crippen molar-refractivity contribution in [2.75, 3.05) is 6.54 Å². The molecule has 1 aromatic heterocycles. The van der Waals surface area contributed by atoms with Crippen LogP contribution in [0.25, 0.3) is 0 Å². The summed E-state index contributed by atoms with van der Waals surface area (Å²) in [6.07, 6.45) is 0. The van der Waals surface area contributed by atoms with Crippen LogP contribution in [-0.4, -0.2) is 32.8 Å². The number of rotatable bonds is 7. The van der Waals surface area contributed by atoms with Crippen molar-refractivity contribution >= 4 is 23.4 Å². The van der Waals surface area contributed by atoms with E-state index in [2.05, 4.69) is 34.7 Å². The number of benzene rings is 1. The van der Waals surface area contributed by atoms with Gasteiger partial charge < -0.3 is 5.32 Å². The van der Waals surface area contributed by atoms with Gasteiger partial charge in [-0.1, -0.05) is 37.2 Å². The first kappa shape index (κ1) is 16.2. The Morgan fingerprint density at radius 3 is 3.00 bits per heavy atom. The van der Waals surface area contributed by atoms with E-state index in [0.717, 1.165) is 12.1 Å². The molecule has 0 saturated carbocycles. The molecule has 0 radical (unpaired) electrons. The Balaban J connectivity index is 1.94. The maximum absolute atomic E-state index is 13.2. The number of hydrogen-bond acceptors (Lipinski definition) is 5. The summed E-state index contributed by atoms with van der Waals surface area (Å²) < 4.78 is 14.9. The first-order chi connectivity index (χ1) is 10.1. The number of hydrogen-bond donors (Lipinski definition) is 1. The molecule has 1 heterocycles. The molecule has 0 saturated heterocycles. The van der Waals surface area contributed by atoms with Gasteiger partial charge in [-0.25, -0.2) is 9.07 Å². The zero-order valence-electron chi connectivity index (χ0n) is 11.9. The van der Waals surface area contributed by atoms with Gasteiger partial charge in [-0.05, 0) is 34.2 Å². The van der Waals surface area contributed by atoms with Crippen molar-refractivity contribution < 1.29 is 4.39 Å². The molecule has 0 aliphatic carbocycles. The summed E-state index contributed by atoms with van der Waals surface area (Å²) in [7, 11) is 0. The van der Waals surface area contributed by atoms with Crippen molar-refractivity contribution in [3.05, 3.63) is 34.6 Å². The number of nitrogens with zero attached hydrogens (tertiary/aromatic N) is 4. The maximum atomic E-state index is 13.2. The highest BCUT2D eigenvalue weighted by Gasteiger charge is 2.09. The second kappa shape index (κ2) is 7.72. The van der Waals surface area contributed by atoms with E-state index >= 15 is 0 Å². The largest absolute Gasteiger partial charge is 0.313 e. The maximum Gasteiger partial charge on any atom is 0.209 e. The standard InChI is InChI=1S/C13H17ClFN5S/c1-9(2)16-5-6-20-13(17-18-19-20)21-8-10-7-11(15)3-4-12(10)14/h3-4,7,9,16H,5-6,8H2,1-2H3. The van der Waals surface area contributed by atoms with Gasteiger partial charge in [0, 0.05) is 23.4 Å². The van der Waals surface area contributed by atoms with E-state index in [4.69, 9.17) is 11.6 Å². The molecule has 5 nitrogen and oxygen atoms in total. The van der Waals surface area contributed by atoms with Crippen molar-refractivity contribution in [3.8, 4) is 0 Å². The zero-order chi connectivity index (χ0) is 15.2. The predicted molar refractivity (Wildman–Crippen MR) is 81.9 cm³/mol. The molecule has 0 aliphatic rings. The Morgan fingerprint density at radius 2 is 2.24 bits per heavy atom. The van der Waals surface area contributed by atoms with E-state index in [1.165, 1.54) is 23.9 Å². The molecular weight excluding hydrogens is 313 g/mol. The van der Waals surface area contributed by atoms with Gasteiger partial charge in [0.1, 0.15) is 5.82 Å². The van der Waals surface area contributed by atoms with Crippen LogP contribution < -0.4 is 5.32 Å². The summed E-state index contributed by atoms with van der Waals surface area (Å²) in [6, 6.07) is 4.76. The average Bonchev–Trinajstić information content (AvgIpc) is 2.87. The molecule has 8 heteroatoms. The molecule has 1 aromatic carbocycles. The first-order valence-corrected chi connectivity index (χ1v) is 7.99. The lowest BCUT2D eigenvalue weighted by Gasteiger charge is -2.09. The molecular formula is C13H17ClFN5S. The monoisotopic (exact) mass is 329 g/mol. The molecule has 0 atom stereocenters. The van der Waals surface area contributed by atoms with Crippen molar-refractivity contribution in [1.82, 2.24) is 25.5 Å². The van der Waals surface area contributed by atoms with Gasteiger partial charge in [-0.2, -0.15) is 0 Å². The van der Waals surface area contributed by atoms with Crippen LogP contribution >= 0.6 is 23.4 Å². The lowest BCUT2D eigenvalue weighted by Crippen LogP contribution is -2.27. The topological polar surface area (TPSA) is 55.6 Å². The van der Waals surface area contributed by atoms with E-state index in [1.54, 1.807) is 10.7 Å². The average molecular weight is 330 g/mol. The summed E-state index contributed by atoms with van der Waals surface area (Å²) in [5.41, 5.74) is 0.733. The third-order valence-electron chi connectivity index (χ3n) is 2.74.